The molecule has 0 aliphatic carbocycles. The van der Waals surface area contributed by atoms with Gasteiger partial charge in [0.2, 0.25) is 0 Å². The van der Waals surface area contributed by atoms with Gasteiger partial charge < -0.3 is 4.98 Å². The van der Waals surface area contributed by atoms with E-state index in [1.165, 1.54) is 5.56 Å². The first-order valence-electron chi connectivity index (χ1n) is 5.84. The lowest BCUT2D eigenvalue weighted by molar-refractivity contribution is 0.591. The summed E-state index contributed by atoms with van der Waals surface area (Å²) in [5.41, 5.74) is 3.44. The molecule has 2 rings (SSSR count). The van der Waals surface area contributed by atoms with Crippen molar-refractivity contribution < 1.29 is 0 Å². The number of aliphatic imine (C=N–C) groups is 1. The molecule has 1 heterocycles. The van der Waals surface area contributed by atoms with Crippen LogP contribution >= 0.6 is 0 Å². The van der Waals surface area contributed by atoms with Gasteiger partial charge in [-0.15, -0.1) is 0 Å². The minimum absolute atomic E-state index is 0.115. The maximum Gasteiger partial charge on any atom is 0.0667 e. The van der Waals surface area contributed by atoms with Gasteiger partial charge in [-0.3, -0.25) is 4.99 Å². The zero-order valence-electron chi connectivity index (χ0n) is 10.6. The predicted octanol–water partition coefficient (Wildman–Crippen LogP) is 4.06. The standard InChI is InChI=1S/C15H18N2/c1-15(2,3)13-8-4-5-9-14(13)17-11-12-7-6-10-16-12/h4-11,16H,1-3H3. The van der Waals surface area contributed by atoms with Gasteiger partial charge in [0.15, 0.2) is 0 Å². The van der Waals surface area contributed by atoms with E-state index in [0.717, 1.165) is 11.4 Å². The molecule has 0 unspecified atom stereocenters. The number of aromatic amines is 1. The molecule has 2 nitrogen and oxygen atoms in total. The van der Waals surface area contributed by atoms with Crippen LogP contribution in [0.25, 0.3) is 0 Å². The second-order valence-electron chi connectivity index (χ2n) is 5.15. The minimum Gasteiger partial charge on any atom is -0.360 e. The largest absolute Gasteiger partial charge is 0.360 e. The Morgan fingerprint density at radius 3 is 2.47 bits per heavy atom. The van der Waals surface area contributed by atoms with E-state index in [9.17, 15) is 0 Å². The second kappa shape index (κ2) is 4.58. The van der Waals surface area contributed by atoms with E-state index in [4.69, 9.17) is 0 Å². The minimum atomic E-state index is 0.115. The lowest BCUT2D eigenvalue weighted by atomic mass is 9.86. The molecule has 0 saturated carbocycles. The fourth-order valence-electron chi connectivity index (χ4n) is 1.78. The first-order chi connectivity index (χ1) is 8.07. The highest BCUT2D eigenvalue weighted by atomic mass is 14.8. The maximum atomic E-state index is 4.56. The van der Waals surface area contributed by atoms with Crippen LogP contribution in [-0.2, 0) is 5.41 Å². The third-order valence-electron chi connectivity index (χ3n) is 2.68. The van der Waals surface area contributed by atoms with E-state index in [1.807, 2.05) is 30.6 Å². The Kier molecular flexibility index (Phi) is 3.14. The van der Waals surface area contributed by atoms with Crippen LogP contribution in [0.15, 0.2) is 47.6 Å². The molecule has 1 aromatic carbocycles. The van der Waals surface area contributed by atoms with Crippen molar-refractivity contribution >= 4 is 11.9 Å². The summed E-state index contributed by atoms with van der Waals surface area (Å²) in [6, 6.07) is 12.3. The smallest absolute Gasteiger partial charge is 0.0667 e. The molecule has 0 saturated heterocycles. The Morgan fingerprint density at radius 2 is 1.82 bits per heavy atom. The zero-order chi connectivity index (χ0) is 12.3. The summed E-state index contributed by atoms with van der Waals surface area (Å²) < 4.78 is 0. The van der Waals surface area contributed by atoms with Gasteiger partial charge in [-0.05, 0) is 29.2 Å². The van der Waals surface area contributed by atoms with Crippen LogP contribution in [-0.4, -0.2) is 11.2 Å². The molecule has 1 aromatic heterocycles. The zero-order valence-corrected chi connectivity index (χ0v) is 10.6. The number of benzene rings is 1. The number of H-pyrrole nitrogens is 1. The van der Waals surface area contributed by atoms with Crippen molar-refractivity contribution in [1.82, 2.24) is 4.98 Å². The summed E-state index contributed by atoms with van der Waals surface area (Å²) >= 11 is 0. The van der Waals surface area contributed by atoms with Gasteiger partial charge in [-0.2, -0.15) is 0 Å². The number of nitrogens with one attached hydrogen (secondary N) is 1. The topological polar surface area (TPSA) is 28.1 Å². The maximum absolute atomic E-state index is 4.56. The second-order valence-corrected chi connectivity index (χ2v) is 5.15. The number of aromatic nitrogens is 1. The number of rotatable bonds is 2. The van der Waals surface area contributed by atoms with Gasteiger partial charge in [0.1, 0.15) is 0 Å². The van der Waals surface area contributed by atoms with E-state index in [2.05, 4.69) is 48.9 Å². The fraction of sp³-hybridized carbons (Fsp3) is 0.267. The number of hydrogen-bond donors (Lipinski definition) is 1. The van der Waals surface area contributed by atoms with Gasteiger partial charge in [0.05, 0.1) is 17.6 Å². The van der Waals surface area contributed by atoms with E-state index >= 15 is 0 Å². The Bertz CT molecular complexity index is 502. The highest BCUT2D eigenvalue weighted by Gasteiger charge is 2.16. The molecule has 2 aromatic rings. The van der Waals surface area contributed by atoms with Crippen molar-refractivity contribution in [3.05, 3.63) is 53.9 Å². The van der Waals surface area contributed by atoms with Gasteiger partial charge in [0, 0.05) is 6.20 Å². The fourth-order valence-corrected chi connectivity index (χ4v) is 1.78. The first kappa shape index (κ1) is 11.6. The van der Waals surface area contributed by atoms with Crippen LogP contribution in [0.5, 0.6) is 0 Å². The molecule has 1 N–H and O–H groups in total. The van der Waals surface area contributed by atoms with Crippen molar-refractivity contribution in [3.8, 4) is 0 Å². The van der Waals surface area contributed by atoms with E-state index in [1.54, 1.807) is 0 Å². The molecule has 0 atom stereocenters. The number of para-hydroxylation sites is 1. The van der Waals surface area contributed by atoms with Gasteiger partial charge in [-0.25, -0.2) is 0 Å². The van der Waals surface area contributed by atoms with Crippen molar-refractivity contribution in [1.29, 1.82) is 0 Å². The molecule has 0 amide bonds. The summed E-state index contributed by atoms with van der Waals surface area (Å²) in [7, 11) is 0. The molecule has 88 valence electrons. The Morgan fingerprint density at radius 1 is 1.06 bits per heavy atom. The lowest BCUT2D eigenvalue weighted by Crippen LogP contribution is -2.11. The quantitative estimate of drug-likeness (QED) is 0.748. The van der Waals surface area contributed by atoms with Crippen molar-refractivity contribution in [2.24, 2.45) is 4.99 Å². The normalized spacial score (nSPS) is 12.2. The molecule has 0 radical (unpaired) electrons. The molecule has 0 aliphatic heterocycles. The summed E-state index contributed by atoms with van der Waals surface area (Å²) in [5.74, 6) is 0. The van der Waals surface area contributed by atoms with Crippen LogP contribution < -0.4 is 0 Å². The average Bonchev–Trinajstić information content (AvgIpc) is 2.78. The SMILES string of the molecule is CC(C)(C)c1ccccc1N=Cc1ccc[nH]1. The summed E-state index contributed by atoms with van der Waals surface area (Å²) in [4.78, 5) is 7.68. The third-order valence-corrected chi connectivity index (χ3v) is 2.68. The van der Waals surface area contributed by atoms with Gasteiger partial charge >= 0.3 is 0 Å². The van der Waals surface area contributed by atoms with Crippen molar-refractivity contribution in [3.63, 3.8) is 0 Å². The van der Waals surface area contributed by atoms with Gasteiger partial charge in [-0.1, -0.05) is 39.0 Å². The number of hydrogen-bond acceptors (Lipinski definition) is 1. The first-order valence-corrected chi connectivity index (χ1v) is 5.84. The molecular formula is C15H18N2. The average molecular weight is 226 g/mol. The Balaban J connectivity index is 2.33. The summed E-state index contributed by atoms with van der Waals surface area (Å²) in [6.45, 7) is 6.61. The van der Waals surface area contributed by atoms with Crippen LogP contribution in [0.4, 0.5) is 5.69 Å². The Labute approximate surface area is 102 Å². The molecule has 0 aliphatic rings. The Hall–Kier alpha value is -1.83. The lowest BCUT2D eigenvalue weighted by Gasteiger charge is -2.20. The molecule has 2 heteroatoms. The monoisotopic (exact) mass is 226 g/mol. The van der Waals surface area contributed by atoms with Crippen LogP contribution in [0.2, 0.25) is 0 Å². The third kappa shape index (κ3) is 2.84. The number of nitrogens with zero attached hydrogens (tertiary/aromatic N) is 1. The molecule has 0 spiro atoms. The van der Waals surface area contributed by atoms with Crippen LogP contribution in [0.1, 0.15) is 32.0 Å². The summed E-state index contributed by atoms with van der Waals surface area (Å²) in [6.07, 6.45) is 3.77. The molecular weight excluding hydrogens is 208 g/mol. The van der Waals surface area contributed by atoms with E-state index < -0.39 is 0 Å². The van der Waals surface area contributed by atoms with E-state index in [0.29, 0.717) is 0 Å². The molecule has 0 bridgehead atoms. The molecule has 0 fully saturated rings. The van der Waals surface area contributed by atoms with E-state index in [-0.39, 0.29) is 5.41 Å². The van der Waals surface area contributed by atoms with Gasteiger partial charge in [0.25, 0.3) is 0 Å². The predicted molar refractivity (Wildman–Crippen MR) is 73.2 cm³/mol. The van der Waals surface area contributed by atoms with Crippen molar-refractivity contribution in [2.45, 2.75) is 26.2 Å². The van der Waals surface area contributed by atoms with Crippen LogP contribution in [0.3, 0.4) is 0 Å². The summed E-state index contributed by atoms with van der Waals surface area (Å²) in [5, 5.41) is 0. The molecule has 17 heavy (non-hydrogen) atoms. The van der Waals surface area contributed by atoms with Crippen molar-refractivity contribution in [2.75, 3.05) is 0 Å². The highest BCUT2D eigenvalue weighted by molar-refractivity contribution is 5.80. The highest BCUT2D eigenvalue weighted by Crippen LogP contribution is 2.30. The van der Waals surface area contributed by atoms with Crippen LogP contribution in [0, 0.1) is 0 Å².